The number of furan rings is 1. The van der Waals surface area contributed by atoms with Gasteiger partial charge in [-0.25, -0.2) is 0 Å². The minimum absolute atomic E-state index is 0.0723. The third-order valence-corrected chi connectivity index (χ3v) is 6.01. The number of piperazine rings is 1. The standard InChI is InChI=1S/C23H28N4O5/c1-25-7-9-26(10-8-25)23(30)16-5-6-20(31-2)19(12-16)24-22(29)17-13-21(28)27(14-17)15-18-4-3-11-32-18/h3-6,11-12,17H,7-10,13-15H2,1-2H3,(H,24,29). The van der Waals surface area contributed by atoms with Crippen LogP contribution in [0.25, 0.3) is 0 Å². The summed E-state index contributed by atoms with van der Waals surface area (Å²) in [6.07, 6.45) is 1.69. The average Bonchev–Trinajstić information content (AvgIpc) is 3.44. The minimum atomic E-state index is -0.487. The zero-order chi connectivity index (χ0) is 22.7. The van der Waals surface area contributed by atoms with Crippen molar-refractivity contribution in [1.82, 2.24) is 14.7 Å². The molecule has 170 valence electrons. The normalized spacial score (nSPS) is 19.3. The van der Waals surface area contributed by atoms with E-state index in [2.05, 4.69) is 10.2 Å². The lowest BCUT2D eigenvalue weighted by atomic mass is 10.1. The van der Waals surface area contributed by atoms with Gasteiger partial charge in [0.05, 0.1) is 31.5 Å². The van der Waals surface area contributed by atoms with Gasteiger partial charge in [0.25, 0.3) is 5.91 Å². The van der Waals surface area contributed by atoms with Crippen molar-refractivity contribution >= 4 is 23.4 Å². The van der Waals surface area contributed by atoms with E-state index in [1.807, 2.05) is 11.9 Å². The third kappa shape index (κ3) is 4.77. The highest BCUT2D eigenvalue weighted by atomic mass is 16.5. The molecule has 1 atom stereocenters. The monoisotopic (exact) mass is 440 g/mol. The molecule has 0 bridgehead atoms. The molecule has 3 amide bonds. The van der Waals surface area contributed by atoms with Crippen molar-refractivity contribution in [3.05, 3.63) is 47.9 Å². The number of nitrogens with zero attached hydrogens (tertiary/aromatic N) is 3. The molecule has 1 unspecified atom stereocenters. The van der Waals surface area contributed by atoms with Gasteiger partial charge in [-0.15, -0.1) is 0 Å². The Labute approximate surface area is 186 Å². The summed E-state index contributed by atoms with van der Waals surface area (Å²) in [4.78, 5) is 43.8. The fraction of sp³-hybridized carbons (Fsp3) is 0.435. The highest BCUT2D eigenvalue weighted by Gasteiger charge is 2.35. The second-order valence-electron chi connectivity index (χ2n) is 8.25. The topological polar surface area (TPSA) is 95.3 Å². The second kappa shape index (κ2) is 9.44. The van der Waals surface area contributed by atoms with Crippen LogP contribution in [-0.4, -0.2) is 79.3 Å². The van der Waals surface area contributed by atoms with Crippen molar-refractivity contribution in [2.75, 3.05) is 52.2 Å². The first-order valence-corrected chi connectivity index (χ1v) is 10.7. The zero-order valence-corrected chi connectivity index (χ0v) is 18.4. The SMILES string of the molecule is COc1ccc(C(=O)N2CCN(C)CC2)cc1NC(=O)C1CC(=O)N(Cc2ccco2)C1. The summed E-state index contributed by atoms with van der Waals surface area (Å²) in [5.74, 6) is 0.215. The van der Waals surface area contributed by atoms with Crippen LogP contribution >= 0.6 is 0 Å². The van der Waals surface area contributed by atoms with Gasteiger partial charge in [0, 0.05) is 44.7 Å². The highest BCUT2D eigenvalue weighted by Crippen LogP contribution is 2.28. The number of carbonyl (C=O) groups excluding carboxylic acids is 3. The maximum absolute atomic E-state index is 12.9. The number of likely N-dealkylation sites (tertiary alicyclic amines) is 1. The quantitative estimate of drug-likeness (QED) is 0.734. The third-order valence-electron chi connectivity index (χ3n) is 6.01. The first kappa shape index (κ1) is 21.9. The van der Waals surface area contributed by atoms with Gasteiger partial charge in [-0.3, -0.25) is 14.4 Å². The number of nitrogens with one attached hydrogen (secondary N) is 1. The maximum atomic E-state index is 12.9. The predicted octanol–water partition coefficient (Wildman–Crippen LogP) is 1.66. The summed E-state index contributed by atoms with van der Waals surface area (Å²) in [5.41, 5.74) is 0.919. The predicted molar refractivity (Wildman–Crippen MR) is 117 cm³/mol. The van der Waals surface area contributed by atoms with Gasteiger partial charge >= 0.3 is 0 Å². The van der Waals surface area contributed by atoms with Crippen LogP contribution < -0.4 is 10.1 Å². The zero-order valence-electron chi connectivity index (χ0n) is 18.4. The Morgan fingerprint density at radius 3 is 2.66 bits per heavy atom. The van der Waals surface area contributed by atoms with E-state index >= 15 is 0 Å². The van der Waals surface area contributed by atoms with Crippen LogP contribution in [0.4, 0.5) is 5.69 Å². The molecule has 32 heavy (non-hydrogen) atoms. The second-order valence-corrected chi connectivity index (χ2v) is 8.25. The molecule has 9 heteroatoms. The molecule has 0 saturated carbocycles. The molecular formula is C23H28N4O5. The summed E-state index contributed by atoms with van der Waals surface area (Å²) >= 11 is 0. The molecular weight excluding hydrogens is 412 g/mol. The summed E-state index contributed by atoms with van der Waals surface area (Å²) in [5, 5.41) is 2.86. The molecule has 2 fully saturated rings. The minimum Gasteiger partial charge on any atom is -0.495 e. The molecule has 4 rings (SSSR count). The van der Waals surface area contributed by atoms with Crippen LogP contribution in [0.3, 0.4) is 0 Å². The molecule has 0 spiro atoms. The summed E-state index contributed by atoms with van der Waals surface area (Å²) in [7, 11) is 3.55. The van der Waals surface area contributed by atoms with Crippen molar-refractivity contribution in [3.8, 4) is 5.75 Å². The lowest BCUT2D eigenvalue weighted by molar-refractivity contribution is -0.128. The molecule has 2 aromatic rings. The number of hydrogen-bond donors (Lipinski definition) is 1. The molecule has 3 heterocycles. The van der Waals surface area contributed by atoms with Crippen molar-refractivity contribution in [2.24, 2.45) is 5.92 Å². The van der Waals surface area contributed by atoms with Crippen LogP contribution in [0, 0.1) is 5.92 Å². The van der Waals surface area contributed by atoms with E-state index in [0.29, 0.717) is 48.9 Å². The molecule has 2 aliphatic rings. The van der Waals surface area contributed by atoms with Gasteiger partial charge in [0.2, 0.25) is 11.8 Å². The van der Waals surface area contributed by atoms with Crippen LogP contribution in [0.1, 0.15) is 22.5 Å². The molecule has 0 aliphatic carbocycles. The van der Waals surface area contributed by atoms with Crippen molar-refractivity contribution in [1.29, 1.82) is 0 Å². The van der Waals surface area contributed by atoms with Crippen LogP contribution in [0.15, 0.2) is 41.0 Å². The highest BCUT2D eigenvalue weighted by molar-refractivity contribution is 6.00. The van der Waals surface area contributed by atoms with Gasteiger partial charge in [0.15, 0.2) is 0 Å². The molecule has 2 saturated heterocycles. The van der Waals surface area contributed by atoms with Crippen molar-refractivity contribution < 1.29 is 23.5 Å². The van der Waals surface area contributed by atoms with Crippen molar-refractivity contribution in [3.63, 3.8) is 0 Å². The fourth-order valence-corrected chi connectivity index (χ4v) is 4.06. The number of anilines is 1. The van der Waals surface area contributed by atoms with E-state index in [0.717, 1.165) is 13.1 Å². The lowest BCUT2D eigenvalue weighted by Crippen LogP contribution is -2.47. The fourth-order valence-electron chi connectivity index (χ4n) is 4.06. The number of carbonyl (C=O) groups is 3. The van der Waals surface area contributed by atoms with E-state index in [1.165, 1.54) is 7.11 Å². The van der Waals surface area contributed by atoms with Crippen LogP contribution in [0.2, 0.25) is 0 Å². The van der Waals surface area contributed by atoms with E-state index in [9.17, 15) is 14.4 Å². The summed E-state index contributed by atoms with van der Waals surface area (Å²) in [6.45, 7) is 3.64. The Hall–Kier alpha value is -3.33. The van der Waals surface area contributed by atoms with E-state index < -0.39 is 5.92 Å². The number of hydrogen-bond acceptors (Lipinski definition) is 6. The Kier molecular flexibility index (Phi) is 6.45. The van der Waals surface area contributed by atoms with Gasteiger partial charge in [-0.2, -0.15) is 0 Å². The first-order chi connectivity index (χ1) is 15.4. The van der Waals surface area contributed by atoms with Gasteiger partial charge in [-0.05, 0) is 37.4 Å². The Balaban J connectivity index is 1.43. The largest absolute Gasteiger partial charge is 0.495 e. The van der Waals surface area contributed by atoms with Crippen LogP contribution in [-0.2, 0) is 16.1 Å². The first-order valence-electron chi connectivity index (χ1n) is 10.7. The molecule has 2 aliphatic heterocycles. The van der Waals surface area contributed by atoms with Gasteiger partial charge in [0.1, 0.15) is 11.5 Å². The molecule has 1 aromatic heterocycles. The number of methoxy groups -OCH3 is 1. The van der Waals surface area contributed by atoms with Gasteiger partial charge in [-0.1, -0.05) is 0 Å². The average molecular weight is 441 g/mol. The Morgan fingerprint density at radius 2 is 1.97 bits per heavy atom. The molecule has 1 N–H and O–H groups in total. The molecule has 9 nitrogen and oxygen atoms in total. The van der Waals surface area contributed by atoms with E-state index in [4.69, 9.17) is 9.15 Å². The number of amides is 3. The maximum Gasteiger partial charge on any atom is 0.254 e. The number of benzene rings is 1. The Bertz CT molecular complexity index is 982. The van der Waals surface area contributed by atoms with Crippen LogP contribution in [0.5, 0.6) is 5.75 Å². The Morgan fingerprint density at radius 1 is 1.19 bits per heavy atom. The smallest absolute Gasteiger partial charge is 0.254 e. The number of rotatable bonds is 6. The van der Waals surface area contributed by atoms with E-state index in [1.54, 1.807) is 41.5 Å². The van der Waals surface area contributed by atoms with Gasteiger partial charge < -0.3 is 29.2 Å². The number of likely N-dealkylation sites (N-methyl/N-ethyl adjacent to an activating group) is 1. The lowest BCUT2D eigenvalue weighted by Gasteiger charge is -2.32. The summed E-state index contributed by atoms with van der Waals surface area (Å²) < 4.78 is 10.7. The molecule has 1 aromatic carbocycles. The van der Waals surface area contributed by atoms with E-state index in [-0.39, 0.29) is 24.1 Å². The number of ether oxygens (including phenoxy) is 1. The molecule has 0 radical (unpaired) electrons. The summed E-state index contributed by atoms with van der Waals surface area (Å²) in [6, 6.07) is 8.60. The van der Waals surface area contributed by atoms with Crippen molar-refractivity contribution in [2.45, 2.75) is 13.0 Å².